The Labute approximate surface area is 160 Å². The second-order valence-corrected chi connectivity index (χ2v) is 7.49. The Hall–Kier alpha value is -2.38. The van der Waals surface area contributed by atoms with Crippen LogP contribution in [0, 0.1) is 20.8 Å². The first kappa shape index (κ1) is 19.9. The number of hydrogen-bond donors (Lipinski definition) is 2. The van der Waals surface area contributed by atoms with Crippen LogP contribution >= 0.6 is 22.9 Å². The molecule has 2 rings (SSSR count). The highest BCUT2D eigenvalue weighted by atomic mass is 35.5. The molecule has 0 aliphatic rings. The molecule has 6 nitrogen and oxygen atoms in total. The van der Waals surface area contributed by atoms with Crippen molar-refractivity contribution in [2.24, 2.45) is 0 Å². The lowest BCUT2D eigenvalue weighted by atomic mass is 10.1. The van der Waals surface area contributed by atoms with E-state index in [-0.39, 0.29) is 12.5 Å². The van der Waals surface area contributed by atoms with E-state index in [2.05, 4.69) is 10.6 Å². The maximum atomic E-state index is 12.0. The number of carbonyl (C=O) groups is 3. The third-order valence-corrected chi connectivity index (χ3v) is 4.71. The Kier molecular flexibility index (Phi) is 6.76. The minimum Gasteiger partial charge on any atom is -0.451 e. The van der Waals surface area contributed by atoms with E-state index < -0.39 is 18.5 Å². The van der Waals surface area contributed by atoms with E-state index in [1.165, 1.54) is 6.07 Å². The van der Waals surface area contributed by atoms with Gasteiger partial charge in [0, 0.05) is 5.69 Å². The Morgan fingerprint density at radius 3 is 2.31 bits per heavy atom. The summed E-state index contributed by atoms with van der Waals surface area (Å²) in [5.74, 6) is -1.55. The number of halogens is 1. The van der Waals surface area contributed by atoms with Crippen molar-refractivity contribution < 1.29 is 19.1 Å². The van der Waals surface area contributed by atoms with Crippen LogP contribution in [0.15, 0.2) is 24.3 Å². The van der Waals surface area contributed by atoms with E-state index in [0.717, 1.165) is 33.7 Å². The van der Waals surface area contributed by atoms with Gasteiger partial charge in [0.2, 0.25) is 5.91 Å². The third kappa shape index (κ3) is 5.57. The van der Waals surface area contributed by atoms with Crippen LogP contribution in [0.2, 0.25) is 4.34 Å². The Balaban J connectivity index is 1.78. The van der Waals surface area contributed by atoms with Crippen LogP contribution < -0.4 is 10.6 Å². The smallest absolute Gasteiger partial charge is 0.348 e. The molecule has 1 aromatic heterocycles. The molecular formula is C18H19ClN2O4S. The predicted molar refractivity (Wildman–Crippen MR) is 102 cm³/mol. The van der Waals surface area contributed by atoms with E-state index >= 15 is 0 Å². The quantitative estimate of drug-likeness (QED) is 0.736. The second kappa shape index (κ2) is 8.82. The molecule has 0 saturated heterocycles. The van der Waals surface area contributed by atoms with Gasteiger partial charge in [0.1, 0.15) is 4.88 Å². The van der Waals surface area contributed by atoms with Crippen molar-refractivity contribution >= 4 is 46.4 Å². The van der Waals surface area contributed by atoms with Crippen LogP contribution in [0.1, 0.15) is 26.4 Å². The standard InChI is InChI=1S/C18H19ClN2O4S/c1-10-6-11(2)17(12(3)7-10)21-15(22)8-20-16(23)9-25-18(24)13-4-5-14(19)26-13/h4-7H,8-9H2,1-3H3,(H,20,23)(H,21,22). The van der Waals surface area contributed by atoms with E-state index in [1.807, 2.05) is 32.9 Å². The average molecular weight is 395 g/mol. The molecule has 1 heterocycles. The summed E-state index contributed by atoms with van der Waals surface area (Å²) < 4.78 is 5.33. The highest BCUT2D eigenvalue weighted by Crippen LogP contribution is 2.22. The van der Waals surface area contributed by atoms with Crippen molar-refractivity contribution in [2.75, 3.05) is 18.5 Å². The van der Waals surface area contributed by atoms with Crippen LogP contribution in [0.3, 0.4) is 0 Å². The first-order valence-corrected chi connectivity index (χ1v) is 9.02. The van der Waals surface area contributed by atoms with Gasteiger partial charge < -0.3 is 15.4 Å². The molecule has 0 saturated carbocycles. The Morgan fingerprint density at radius 2 is 1.73 bits per heavy atom. The number of anilines is 1. The van der Waals surface area contributed by atoms with Gasteiger partial charge in [0.05, 0.1) is 10.9 Å². The number of rotatable bonds is 6. The average Bonchev–Trinajstić information content (AvgIpc) is 3.00. The molecule has 0 unspecified atom stereocenters. The summed E-state index contributed by atoms with van der Waals surface area (Å²) in [5.41, 5.74) is 3.74. The number of nitrogens with one attached hydrogen (secondary N) is 2. The lowest BCUT2D eigenvalue weighted by molar-refractivity contribution is -0.126. The highest BCUT2D eigenvalue weighted by Gasteiger charge is 2.14. The van der Waals surface area contributed by atoms with E-state index in [1.54, 1.807) is 6.07 Å². The number of amides is 2. The minimum atomic E-state index is -0.632. The monoisotopic (exact) mass is 394 g/mol. The molecule has 0 radical (unpaired) electrons. The number of aryl methyl sites for hydroxylation is 3. The molecule has 8 heteroatoms. The van der Waals surface area contributed by atoms with Gasteiger partial charge in [-0.3, -0.25) is 9.59 Å². The van der Waals surface area contributed by atoms with Crippen molar-refractivity contribution in [1.82, 2.24) is 5.32 Å². The van der Waals surface area contributed by atoms with E-state index in [0.29, 0.717) is 9.21 Å². The van der Waals surface area contributed by atoms with Crippen LogP contribution in [0.4, 0.5) is 5.69 Å². The van der Waals surface area contributed by atoms with E-state index in [4.69, 9.17) is 16.3 Å². The maximum Gasteiger partial charge on any atom is 0.348 e. The van der Waals surface area contributed by atoms with Gasteiger partial charge >= 0.3 is 5.97 Å². The lowest BCUT2D eigenvalue weighted by Gasteiger charge is -2.13. The summed E-state index contributed by atoms with van der Waals surface area (Å²) in [7, 11) is 0. The molecule has 2 aromatic rings. The normalized spacial score (nSPS) is 10.3. The van der Waals surface area contributed by atoms with Gasteiger partial charge in [-0.05, 0) is 44.0 Å². The first-order valence-electron chi connectivity index (χ1n) is 7.83. The summed E-state index contributed by atoms with van der Waals surface area (Å²) in [6, 6.07) is 7.03. The van der Waals surface area contributed by atoms with E-state index in [9.17, 15) is 14.4 Å². The maximum absolute atomic E-state index is 12.0. The van der Waals surface area contributed by atoms with Gasteiger partial charge in [-0.2, -0.15) is 0 Å². The zero-order chi connectivity index (χ0) is 19.3. The van der Waals surface area contributed by atoms with Crippen LogP contribution in [-0.4, -0.2) is 30.9 Å². The third-order valence-electron chi connectivity index (χ3n) is 3.50. The fourth-order valence-electron chi connectivity index (χ4n) is 2.42. The Bertz CT molecular complexity index is 824. The molecule has 2 amide bonds. The molecule has 0 atom stereocenters. The zero-order valence-electron chi connectivity index (χ0n) is 14.6. The van der Waals surface area contributed by atoms with Gasteiger partial charge in [-0.1, -0.05) is 29.3 Å². The molecule has 138 valence electrons. The molecule has 0 bridgehead atoms. The number of carbonyl (C=O) groups excluding carboxylic acids is 3. The molecular weight excluding hydrogens is 376 g/mol. The summed E-state index contributed by atoms with van der Waals surface area (Å²) in [6.45, 7) is 5.12. The van der Waals surface area contributed by atoms with Crippen molar-refractivity contribution in [3.05, 3.63) is 50.2 Å². The largest absolute Gasteiger partial charge is 0.451 e. The number of thiophene rings is 1. The summed E-state index contributed by atoms with van der Waals surface area (Å²) >= 11 is 6.80. The number of hydrogen-bond acceptors (Lipinski definition) is 5. The Morgan fingerprint density at radius 1 is 1.08 bits per heavy atom. The van der Waals surface area contributed by atoms with Gasteiger partial charge in [0.15, 0.2) is 6.61 Å². The van der Waals surface area contributed by atoms with Crippen LogP contribution in [-0.2, 0) is 14.3 Å². The van der Waals surface area contributed by atoms with Gasteiger partial charge in [-0.15, -0.1) is 11.3 Å². The summed E-state index contributed by atoms with van der Waals surface area (Å²) in [4.78, 5) is 35.8. The lowest BCUT2D eigenvalue weighted by Crippen LogP contribution is -2.35. The van der Waals surface area contributed by atoms with Crippen molar-refractivity contribution in [3.63, 3.8) is 0 Å². The van der Waals surface area contributed by atoms with Crippen molar-refractivity contribution in [1.29, 1.82) is 0 Å². The van der Waals surface area contributed by atoms with Crippen LogP contribution in [0.5, 0.6) is 0 Å². The van der Waals surface area contributed by atoms with Gasteiger partial charge in [0.25, 0.3) is 5.91 Å². The number of esters is 1. The van der Waals surface area contributed by atoms with Gasteiger partial charge in [-0.25, -0.2) is 4.79 Å². The van der Waals surface area contributed by atoms with Crippen molar-refractivity contribution in [3.8, 4) is 0 Å². The first-order chi connectivity index (χ1) is 12.3. The SMILES string of the molecule is Cc1cc(C)c(NC(=O)CNC(=O)COC(=O)c2ccc(Cl)s2)c(C)c1. The summed E-state index contributed by atoms with van der Waals surface area (Å²) in [5, 5.41) is 5.19. The number of benzene rings is 1. The molecule has 2 N–H and O–H groups in total. The zero-order valence-corrected chi connectivity index (χ0v) is 16.2. The molecule has 0 aliphatic heterocycles. The second-order valence-electron chi connectivity index (χ2n) is 5.78. The number of ether oxygens (including phenoxy) is 1. The van der Waals surface area contributed by atoms with Crippen molar-refractivity contribution in [2.45, 2.75) is 20.8 Å². The topological polar surface area (TPSA) is 84.5 Å². The predicted octanol–water partition coefficient (Wildman–Crippen LogP) is 3.24. The molecule has 1 aromatic carbocycles. The fraction of sp³-hybridized carbons (Fsp3) is 0.278. The fourth-order valence-corrected chi connectivity index (χ4v) is 3.35. The molecule has 0 spiro atoms. The molecule has 0 aliphatic carbocycles. The van der Waals surface area contributed by atoms with Crippen LogP contribution in [0.25, 0.3) is 0 Å². The molecule has 26 heavy (non-hydrogen) atoms. The summed E-state index contributed by atoms with van der Waals surface area (Å²) in [6.07, 6.45) is 0. The highest BCUT2D eigenvalue weighted by molar-refractivity contribution is 7.17. The minimum absolute atomic E-state index is 0.214. The molecule has 0 fully saturated rings.